The third-order valence-corrected chi connectivity index (χ3v) is 5.96. The molecule has 0 spiro atoms. The molecule has 1 fully saturated rings. The van der Waals surface area contributed by atoms with Crippen LogP contribution in [0.3, 0.4) is 0 Å². The molecule has 0 radical (unpaired) electrons. The maximum atomic E-state index is 13.4. The zero-order valence-corrected chi connectivity index (χ0v) is 18.1. The molecule has 1 saturated heterocycles. The lowest BCUT2D eigenvalue weighted by Gasteiger charge is -2.37. The van der Waals surface area contributed by atoms with Gasteiger partial charge in [-0.25, -0.2) is 0 Å². The van der Waals surface area contributed by atoms with Crippen LogP contribution in [0.5, 0.6) is 5.75 Å². The fourth-order valence-corrected chi connectivity index (χ4v) is 4.14. The summed E-state index contributed by atoms with van der Waals surface area (Å²) in [6.07, 6.45) is 2.54. The molecule has 30 heavy (non-hydrogen) atoms. The van der Waals surface area contributed by atoms with Crippen molar-refractivity contribution in [2.24, 2.45) is 0 Å². The Morgan fingerprint density at radius 2 is 1.60 bits per heavy atom. The Bertz CT molecular complexity index is 924. The highest BCUT2D eigenvalue weighted by molar-refractivity contribution is 6.08. The maximum Gasteiger partial charge on any atom is 0.265 e. The maximum absolute atomic E-state index is 13.4. The smallest absolute Gasteiger partial charge is 0.265 e. The van der Waals surface area contributed by atoms with Gasteiger partial charge in [-0.2, -0.15) is 0 Å². The van der Waals surface area contributed by atoms with Crippen molar-refractivity contribution >= 4 is 17.5 Å². The van der Waals surface area contributed by atoms with Crippen LogP contribution in [-0.2, 0) is 10.2 Å². The van der Waals surface area contributed by atoms with Crippen LogP contribution in [0.15, 0.2) is 48.5 Å². The van der Waals surface area contributed by atoms with E-state index in [0.29, 0.717) is 17.0 Å². The van der Waals surface area contributed by atoms with Crippen molar-refractivity contribution < 1.29 is 14.3 Å². The fourth-order valence-electron chi connectivity index (χ4n) is 4.14. The summed E-state index contributed by atoms with van der Waals surface area (Å²) < 4.78 is 6.04. The predicted octanol–water partition coefficient (Wildman–Crippen LogP) is 4.40. The van der Waals surface area contributed by atoms with Crippen LogP contribution in [0.25, 0.3) is 0 Å². The molecule has 0 N–H and O–H groups in total. The lowest BCUT2D eigenvalue weighted by Crippen LogP contribution is -2.52. The van der Waals surface area contributed by atoms with Crippen molar-refractivity contribution in [3.8, 4) is 5.75 Å². The molecule has 2 aromatic carbocycles. The van der Waals surface area contributed by atoms with Crippen LogP contribution in [0, 0.1) is 0 Å². The highest BCUT2D eigenvalue weighted by atomic mass is 16.5. The Morgan fingerprint density at radius 1 is 0.933 bits per heavy atom. The van der Waals surface area contributed by atoms with Gasteiger partial charge in [-0.3, -0.25) is 9.59 Å². The number of piperidine rings is 1. The summed E-state index contributed by atoms with van der Waals surface area (Å²) in [7, 11) is 0. The molecule has 1 atom stereocenters. The van der Waals surface area contributed by atoms with Crippen LogP contribution in [-0.4, -0.2) is 42.5 Å². The van der Waals surface area contributed by atoms with E-state index >= 15 is 0 Å². The van der Waals surface area contributed by atoms with Crippen molar-refractivity contribution in [1.82, 2.24) is 4.90 Å². The number of likely N-dealkylation sites (tertiary alicyclic amines) is 1. The SMILES string of the molecule is CC(C)(C)c1ccc(C(=O)N2C[C@H](C(=O)N3CCCCC3)Oc3ccccc32)cc1. The van der Waals surface area contributed by atoms with E-state index in [-0.39, 0.29) is 23.8 Å². The molecule has 2 amide bonds. The van der Waals surface area contributed by atoms with Gasteiger partial charge in [0.1, 0.15) is 5.75 Å². The van der Waals surface area contributed by atoms with E-state index in [2.05, 4.69) is 20.8 Å². The lowest BCUT2D eigenvalue weighted by atomic mass is 9.86. The van der Waals surface area contributed by atoms with Crippen molar-refractivity contribution in [2.45, 2.75) is 51.6 Å². The number of rotatable bonds is 2. The largest absolute Gasteiger partial charge is 0.476 e. The number of benzene rings is 2. The number of nitrogens with zero attached hydrogens (tertiary/aromatic N) is 2. The number of amides is 2. The highest BCUT2D eigenvalue weighted by Gasteiger charge is 2.36. The second-order valence-electron chi connectivity index (χ2n) is 9.20. The van der Waals surface area contributed by atoms with Crippen LogP contribution in [0.2, 0.25) is 0 Å². The zero-order valence-electron chi connectivity index (χ0n) is 18.1. The van der Waals surface area contributed by atoms with Gasteiger partial charge in [-0.15, -0.1) is 0 Å². The minimum absolute atomic E-state index is 0.0231. The molecule has 5 heteroatoms. The Morgan fingerprint density at radius 3 is 2.27 bits per heavy atom. The van der Waals surface area contributed by atoms with Crippen molar-refractivity contribution in [1.29, 1.82) is 0 Å². The predicted molar refractivity (Wildman–Crippen MR) is 118 cm³/mol. The van der Waals surface area contributed by atoms with E-state index < -0.39 is 6.10 Å². The number of para-hydroxylation sites is 2. The average molecular weight is 407 g/mol. The van der Waals surface area contributed by atoms with Gasteiger partial charge in [0.2, 0.25) is 0 Å². The molecule has 2 aromatic rings. The third-order valence-electron chi connectivity index (χ3n) is 5.96. The topological polar surface area (TPSA) is 49.9 Å². The summed E-state index contributed by atoms with van der Waals surface area (Å²) in [4.78, 5) is 30.1. The number of hydrogen-bond donors (Lipinski definition) is 0. The van der Waals surface area contributed by atoms with Crippen LogP contribution >= 0.6 is 0 Å². The first kappa shape index (κ1) is 20.5. The van der Waals surface area contributed by atoms with E-state index in [1.165, 1.54) is 5.56 Å². The second kappa shape index (κ2) is 8.13. The summed E-state index contributed by atoms with van der Waals surface area (Å²) in [5.41, 5.74) is 2.53. The fraction of sp³-hybridized carbons (Fsp3) is 0.440. The Kier molecular flexibility index (Phi) is 5.54. The van der Waals surface area contributed by atoms with Crippen LogP contribution < -0.4 is 9.64 Å². The third kappa shape index (κ3) is 4.07. The Hall–Kier alpha value is -2.82. The van der Waals surface area contributed by atoms with Gasteiger partial charge in [0.15, 0.2) is 6.10 Å². The highest BCUT2D eigenvalue weighted by Crippen LogP contribution is 2.35. The first-order chi connectivity index (χ1) is 14.3. The van der Waals surface area contributed by atoms with E-state index in [9.17, 15) is 9.59 Å². The molecule has 2 heterocycles. The van der Waals surface area contributed by atoms with E-state index in [1.807, 2.05) is 53.4 Å². The number of anilines is 1. The molecular formula is C25H30N2O3. The van der Waals surface area contributed by atoms with Gasteiger partial charge >= 0.3 is 0 Å². The Balaban J connectivity index is 1.60. The number of carbonyl (C=O) groups is 2. The monoisotopic (exact) mass is 406 g/mol. The quantitative estimate of drug-likeness (QED) is 0.743. The van der Waals surface area contributed by atoms with Gasteiger partial charge < -0.3 is 14.5 Å². The first-order valence-corrected chi connectivity index (χ1v) is 10.8. The molecule has 2 aliphatic rings. The zero-order chi connectivity index (χ0) is 21.3. The molecule has 0 aromatic heterocycles. The number of carbonyl (C=O) groups excluding carboxylic acids is 2. The molecule has 2 aliphatic heterocycles. The Labute approximate surface area is 178 Å². The first-order valence-electron chi connectivity index (χ1n) is 10.8. The van der Waals surface area contributed by atoms with E-state index in [0.717, 1.165) is 32.4 Å². The molecule has 158 valence electrons. The van der Waals surface area contributed by atoms with Gasteiger partial charge in [-0.1, -0.05) is 45.0 Å². The van der Waals surface area contributed by atoms with Crippen LogP contribution in [0.1, 0.15) is 56.0 Å². The molecule has 4 rings (SSSR count). The van der Waals surface area contributed by atoms with E-state index in [1.54, 1.807) is 4.90 Å². The molecule has 5 nitrogen and oxygen atoms in total. The molecule has 0 unspecified atom stereocenters. The normalized spacial score (nSPS) is 19.1. The summed E-state index contributed by atoms with van der Waals surface area (Å²) in [5.74, 6) is 0.450. The number of ether oxygens (including phenoxy) is 1. The van der Waals surface area contributed by atoms with Gasteiger partial charge in [0, 0.05) is 18.7 Å². The number of fused-ring (bicyclic) bond motifs is 1. The van der Waals surface area contributed by atoms with Crippen molar-refractivity contribution in [3.05, 3.63) is 59.7 Å². The molecule has 0 aliphatic carbocycles. The summed E-state index contributed by atoms with van der Waals surface area (Å²) in [6.45, 7) is 8.22. The van der Waals surface area contributed by atoms with Gasteiger partial charge in [0.25, 0.3) is 11.8 Å². The molecule has 0 saturated carbocycles. The van der Waals surface area contributed by atoms with E-state index in [4.69, 9.17) is 4.74 Å². The van der Waals surface area contributed by atoms with Gasteiger partial charge in [0.05, 0.1) is 12.2 Å². The van der Waals surface area contributed by atoms with Crippen molar-refractivity contribution in [2.75, 3.05) is 24.5 Å². The average Bonchev–Trinajstić information content (AvgIpc) is 2.77. The standard InChI is InChI=1S/C25H30N2O3/c1-25(2,3)19-13-11-18(12-14-19)23(28)27-17-22(24(29)26-15-7-4-8-16-26)30-21-10-6-5-9-20(21)27/h5-6,9-14,22H,4,7-8,15-17H2,1-3H3/t22-/m1/s1. The second-order valence-corrected chi connectivity index (χ2v) is 9.20. The van der Waals surface area contributed by atoms with Crippen molar-refractivity contribution in [3.63, 3.8) is 0 Å². The van der Waals surface area contributed by atoms with Crippen LogP contribution in [0.4, 0.5) is 5.69 Å². The minimum Gasteiger partial charge on any atom is -0.476 e. The number of hydrogen-bond acceptors (Lipinski definition) is 3. The summed E-state index contributed by atoms with van der Waals surface area (Å²) >= 11 is 0. The molecule has 0 bridgehead atoms. The van der Waals surface area contributed by atoms with Gasteiger partial charge in [-0.05, 0) is 54.5 Å². The minimum atomic E-state index is -0.671. The summed E-state index contributed by atoms with van der Waals surface area (Å²) in [5, 5.41) is 0. The molecular weight excluding hydrogens is 376 g/mol. The lowest BCUT2D eigenvalue weighted by molar-refractivity contribution is -0.139. The summed E-state index contributed by atoms with van der Waals surface area (Å²) in [6, 6.07) is 15.2.